The average Bonchev–Trinajstić information content (AvgIpc) is 2.71. The fourth-order valence-corrected chi connectivity index (χ4v) is 1.35. The van der Waals surface area contributed by atoms with Gasteiger partial charge in [0.15, 0.2) is 5.78 Å². The van der Waals surface area contributed by atoms with E-state index in [-0.39, 0.29) is 16.5 Å². The van der Waals surface area contributed by atoms with Crippen LogP contribution >= 0.6 is 11.6 Å². The molecule has 2 rings (SSSR count). The molecule has 4 nitrogen and oxygen atoms in total. The lowest BCUT2D eigenvalue weighted by Gasteiger charge is -2.00. The molecule has 0 aliphatic rings. The van der Waals surface area contributed by atoms with Crippen LogP contribution in [0.25, 0.3) is 5.69 Å². The van der Waals surface area contributed by atoms with Gasteiger partial charge in [-0.05, 0) is 18.2 Å². The molecule has 0 bridgehead atoms. The van der Waals surface area contributed by atoms with Gasteiger partial charge < -0.3 is 0 Å². The lowest BCUT2D eigenvalue weighted by atomic mass is 10.3. The third-order valence-electron chi connectivity index (χ3n) is 2.02. The number of rotatable bonds is 2. The summed E-state index contributed by atoms with van der Waals surface area (Å²) in [6, 6.07) is 4.14. The van der Waals surface area contributed by atoms with Gasteiger partial charge in [-0.15, -0.1) is 5.10 Å². The van der Waals surface area contributed by atoms with Crippen LogP contribution in [0, 0.1) is 5.82 Å². The van der Waals surface area contributed by atoms with Crippen molar-refractivity contribution in [3.05, 3.63) is 40.9 Å². The van der Waals surface area contributed by atoms with Crippen LogP contribution in [0.1, 0.15) is 17.4 Å². The number of hydrogen-bond donors (Lipinski definition) is 0. The first kappa shape index (κ1) is 10.8. The molecular weight excluding hydrogens is 233 g/mol. The van der Waals surface area contributed by atoms with Gasteiger partial charge in [-0.2, -0.15) is 0 Å². The molecule has 0 amide bonds. The minimum Gasteiger partial charge on any atom is -0.293 e. The van der Waals surface area contributed by atoms with Crippen molar-refractivity contribution in [2.45, 2.75) is 6.92 Å². The van der Waals surface area contributed by atoms with Crippen LogP contribution in [-0.2, 0) is 0 Å². The van der Waals surface area contributed by atoms with E-state index in [1.54, 1.807) is 0 Å². The van der Waals surface area contributed by atoms with Crippen molar-refractivity contribution < 1.29 is 9.18 Å². The van der Waals surface area contributed by atoms with Gasteiger partial charge >= 0.3 is 0 Å². The van der Waals surface area contributed by atoms with Gasteiger partial charge in [-0.3, -0.25) is 4.79 Å². The Kier molecular flexibility index (Phi) is 2.70. The molecule has 0 aliphatic heterocycles. The Morgan fingerprint density at radius 2 is 2.25 bits per heavy atom. The minimum absolute atomic E-state index is 0.00243. The Hall–Kier alpha value is -1.75. The molecule has 0 fully saturated rings. The van der Waals surface area contributed by atoms with E-state index in [2.05, 4.69) is 10.3 Å². The molecule has 1 heterocycles. The zero-order valence-corrected chi connectivity index (χ0v) is 9.07. The Labute approximate surface area is 95.6 Å². The lowest BCUT2D eigenvalue weighted by Crippen LogP contribution is -1.95. The molecular formula is C10H7ClFN3O. The summed E-state index contributed by atoms with van der Waals surface area (Å²) in [7, 11) is 0. The molecule has 0 aliphatic carbocycles. The highest BCUT2D eigenvalue weighted by Gasteiger charge is 2.08. The first-order chi connectivity index (χ1) is 7.58. The van der Waals surface area contributed by atoms with E-state index in [1.165, 1.54) is 36.0 Å². The molecule has 1 aromatic carbocycles. The number of ketones is 1. The molecule has 0 radical (unpaired) electrons. The van der Waals surface area contributed by atoms with Gasteiger partial charge in [0, 0.05) is 6.92 Å². The van der Waals surface area contributed by atoms with E-state index in [4.69, 9.17) is 11.6 Å². The van der Waals surface area contributed by atoms with Crippen molar-refractivity contribution in [2.75, 3.05) is 0 Å². The topological polar surface area (TPSA) is 47.8 Å². The third-order valence-corrected chi connectivity index (χ3v) is 2.31. The summed E-state index contributed by atoms with van der Waals surface area (Å²) < 4.78 is 14.3. The second-order valence-electron chi connectivity index (χ2n) is 3.20. The summed E-state index contributed by atoms with van der Waals surface area (Å²) in [6.45, 7) is 1.39. The summed E-state index contributed by atoms with van der Waals surface area (Å²) in [5.41, 5.74) is 0.798. The number of aromatic nitrogens is 3. The summed E-state index contributed by atoms with van der Waals surface area (Å²) in [4.78, 5) is 11.0. The van der Waals surface area contributed by atoms with E-state index in [0.717, 1.165) is 0 Å². The van der Waals surface area contributed by atoms with Crippen molar-refractivity contribution in [1.82, 2.24) is 15.0 Å². The number of carbonyl (C=O) groups excluding carboxylic acids is 1. The first-order valence-electron chi connectivity index (χ1n) is 4.46. The zero-order chi connectivity index (χ0) is 11.7. The van der Waals surface area contributed by atoms with Crippen LogP contribution in [0.2, 0.25) is 5.02 Å². The molecule has 0 atom stereocenters. The van der Waals surface area contributed by atoms with E-state index < -0.39 is 5.82 Å². The quantitative estimate of drug-likeness (QED) is 0.756. The number of benzene rings is 1. The van der Waals surface area contributed by atoms with Crippen LogP contribution in [0.4, 0.5) is 4.39 Å². The van der Waals surface area contributed by atoms with Crippen molar-refractivity contribution in [1.29, 1.82) is 0 Å². The molecule has 1 aromatic heterocycles. The normalized spacial score (nSPS) is 10.4. The monoisotopic (exact) mass is 239 g/mol. The Morgan fingerprint density at radius 3 is 2.81 bits per heavy atom. The van der Waals surface area contributed by atoms with E-state index in [9.17, 15) is 9.18 Å². The summed E-state index contributed by atoms with van der Waals surface area (Å²) in [5.74, 6) is -0.684. The minimum atomic E-state index is -0.502. The molecule has 6 heteroatoms. The van der Waals surface area contributed by atoms with Gasteiger partial charge in [0.2, 0.25) is 0 Å². The van der Waals surface area contributed by atoms with Crippen LogP contribution < -0.4 is 0 Å². The van der Waals surface area contributed by atoms with Crippen molar-refractivity contribution >= 4 is 17.4 Å². The van der Waals surface area contributed by atoms with Crippen LogP contribution in [0.15, 0.2) is 24.4 Å². The summed E-state index contributed by atoms with van der Waals surface area (Å²) in [5, 5.41) is 7.41. The van der Waals surface area contributed by atoms with Gasteiger partial charge in [0.25, 0.3) is 0 Å². The Bertz CT molecular complexity index is 553. The smallest absolute Gasteiger partial charge is 0.181 e. The van der Waals surface area contributed by atoms with E-state index in [0.29, 0.717) is 5.69 Å². The largest absolute Gasteiger partial charge is 0.293 e. The third kappa shape index (κ3) is 1.94. The number of hydrogen-bond acceptors (Lipinski definition) is 3. The van der Waals surface area contributed by atoms with Gasteiger partial charge in [0.05, 0.1) is 16.9 Å². The van der Waals surface area contributed by atoms with Crippen LogP contribution in [0.5, 0.6) is 0 Å². The number of Topliss-reactive ketones (excluding diaryl/α,β-unsaturated/α-hetero) is 1. The van der Waals surface area contributed by atoms with Gasteiger partial charge in [-0.25, -0.2) is 9.07 Å². The lowest BCUT2D eigenvalue weighted by molar-refractivity contribution is 0.101. The molecule has 2 aromatic rings. The van der Waals surface area contributed by atoms with Crippen LogP contribution in [0.3, 0.4) is 0 Å². The fourth-order valence-electron chi connectivity index (χ4n) is 1.18. The second kappa shape index (κ2) is 4.02. The molecule has 0 spiro atoms. The van der Waals surface area contributed by atoms with E-state index in [1.807, 2.05) is 0 Å². The molecule has 0 saturated carbocycles. The maximum absolute atomic E-state index is 12.9. The predicted molar refractivity (Wildman–Crippen MR) is 56.3 cm³/mol. The molecule has 0 saturated heterocycles. The maximum atomic E-state index is 12.9. The summed E-state index contributed by atoms with van der Waals surface area (Å²) >= 11 is 5.63. The van der Waals surface area contributed by atoms with Crippen molar-refractivity contribution in [3.63, 3.8) is 0 Å². The average molecular weight is 240 g/mol. The predicted octanol–water partition coefficient (Wildman–Crippen LogP) is 2.26. The molecule has 16 heavy (non-hydrogen) atoms. The highest BCUT2D eigenvalue weighted by Crippen LogP contribution is 2.18. The molecule has 0 unspecified atom stereocenters. The van der Waals surface area contributed by atoms with Crippen molar-refractivity contribution in [3.8, 4) is 5.69 Å². The van der Waals surface area contributed by atoms with E-state index >= 15 is 0 Å². The second-order valence-corrected chi connectivity index (χ2v) is 3.61. The zero-order valence-electron chi connectivity index (χ0n) is 8.32. The number of halogens is 2. The molecule has 82 valence electrons. The highest BCUT2D eigenvalue weighted by molar-refractivity contribution is 6.30. The van der Waals surface area contributed by atoms with Gasteiger partial charge in [-0.1, -0.05) is 16.8 Å². The Balaban J connectivity index is 2.42. The Morgan fingerprint density at radius 1 is 1.50 bits per heavy atom. The summed E-state index contributed by atoms with van der Waals surface area (Å²) in [6.07, 6.45) is 1.46. The fraction of sp³-hybridized carbons (Fsp3) is 0.100. The van der Waals surface area contributed by atoms with Gasteiger partial charge in [0.1, 0.15) is 11.5 Å². The van der Waals surface area contributed by atoms with Crippen LogP contribution in [-0.4, -0.2) is 20.8 Å². The van der Waals surface area contributed by atoms with Crippen molar-refractivity contribution in [2.24, 2.45) is 0 Å². The molecule has 0 N–H and O–H groups in total. The SMILES string of the molecule is CC(=O)c1cn(-c2ccc(F)c(Cl)c2)nn1. The highest BCUT2D eigenvalue weighted by atomic mass is 35.5. The standard InChI is InChI=1S/C10H7ClFN3O/c1-6(16)10-5-15(14-13-10)7-2-3-9(12)8(11)4-7/h2-5H,1H3. The number of carbonyl (C=O) groups is 1. The number of nitrogens with zero attached hydrogens (tertiary/aromatic N) is 3. The maximum Gasteiger partial charge on any atom is 0.181 e. The first-order valence-corrected chi connectivity index (χ1v) is 4.84.